The summed E-state index contributed by atoms with van der Waals surface area (Å²) in [6, 6.07) is 7.13. The minimum atomic E-state index is 0.262. The maximum atomic E-state index is 9.45. The molecule has 19 heavy (non-hydrogen) atoms. The van der Waals surface area contributed by atoms with E-state index in [-0.39, 0.29) is 5.75 Å². The number of hydrogen-bond donors (Lipinski definition) is 2. The first-order chi connectivity index (χ1) is 9.29. The Hall–Kier alpha value is -1.46. The predicted octanol–water partition coefficient (Wildman–Crippen LogP) is 2.84. The monoisotopic (exact) mass is 277 g/mol. The first-order valence-corrected chi connectivity index (χ1v) is 7.43. The van der Waals surface area contributed by atoms with Crippen molar-refractivity contribution >= 4 is 11.3 Å². The molecule has 102 valence electrons. The van der Waals surface area contributed by atoms with Gasteiger partial charge in [-0.3, -0.25) is 0 Å². The average molecular weight is 277 g/mol. The number of hydrogen-bond acceptors (Lipinski definition) is 5. The van der Waals surface area contributed by atoms with Gasteiger partial charge in [-0.25, -0.2) is 0 Å². The van der Waals surface area contributed by atoms with Crippen LogP contribution in [0.3, 0.4) is 0 Å². The second-order valence-corrected chi connectivity index (χ2v) is 5.47. The number of nitrogens with one attached hydrogen (secondary N) is 1. The maximum absolute atomic E-state index is 9.45. The molecule has 2 aromatic rings. The molecule has 0 unspecified atom stereocenters. The molecule has 0 fully saturated rings. The van der Waals surface area contributed by atoms with Gasteiger partial charge in [0, 0.05) is 12.0 Å². The number of rotatable bonds is 7. The molecule has 1 aromatic heterocycles. The number of nitrogens with zero attached hydrogens (tertiary/aromatic N) is 2. The van der Waals surface area contributed by atoms with Crippen molar-refractivity contribution in [3.05, 3.63) is 29.3 Å². The Morgan fingerprint density at radius 1 is 1.26 bits per heavy atom. The third-order valence-corrected chi connectivity index (χ3v) is 3.76. The molecule has 0 saturated carbocycles. The highest BCUT2D eigenvalue weighted by Crippen LogP contribution is 2.26. The van der Waals surface area contributed by atoms with Crippen molar-refractivity contribution in [3.63, 3.8) is 0 Å². The summed E-state index contributed by atoms with van der Waals surface area (Å²) in [7, 11) is 0. The Balaban J connectivity index is 1.88. The van der Waals surface area contributed by atoms with Gasteiger partial charge in [0.1, 0.15) is 15.8 Å². The van der Waals surface area contributed by atoms with E-state index < -0.39 is 0 Å². The van der Waals surface area contributed by atoms with Crippen LogP contribution >= 0.6 is 11.3 Å². The Kier molecular flexibility index (Phi) is 5.30. The van der Waals surface area contributed by atoms with Crippen LogP contribution in [0.15, 0.2) is 24.3 Å². The third kappa shape index (κ3) is 4.29. The van der Waals surface area contributed by atoms with Crippen molar-refractivity contribution in [3.8, 4) is 16.3 Å². The number of aromatic nitrogens is 2. The molecule has 0 amide bonds. The van der Waals surface area contributed by atoms with E-state index in [0.29, 0.717) is 0 Å². The predicted molar refractivity (Wildman–Crippen MR) is 78.5 cm³/mol. The minimum Gasteiger partial charge on any atom is -0.508 e. The van der Waals surface area contributed by atoms with Crippen molar-refractivity contribution in [2.45, 2.75) is 26.2 Å². The van der Waals surface area contributed by atoms with Crippen LogP contribution < -0.4 is 5.32 Å². The molecule has 2 N–H and O–H groups in total. The van der Waals surface area contributed by atoms with Gasteiger partial charge in [-0.2, -0.15) is 0 Å². The third-order valence-electron chi connectivity index (χ3n) is 2.73. The van der Waals surface area contributed by atoms with Crippen LogP contribution in [-0.2, 0) is 6.42 Å². The normalized spacial score (nSPS) is 10.8. The standard InChI is InChI=1S/C14H19N3OS/c1-2-8-15-9-4-7-13-16-17-14(19-13)11-5-3-6-12(18)10-11/h3,5-6,10,15,18H,2,4,7-9H2,1H3. The van der Waals surface area contributed by atoms with Crippen molar-refractivity contribution in [2.24, 2.45) is 0 Å². The van der Waals surface area contributed by atoms with Crippen LogP contribution in [0.5, 0.6) is 5.75 Å². The average Bonchev–Trinajstić information content (AvgIpc) is 2.87. The molecule has 0 radical (unpaired) electrons. The van der Waals surface area contributed by atoms with Crippen molar-refractivity contribution in [1.29, 1.82) is 0 Å². The number of benzene rings is 1. The lowest BCUT2D eigenvalue weighted by Crippen LogP contribution is -2.16. The van der Waals surface area contributed by atoms with Gasteiger partial charge in [-0.05, 0) is 38.1 Å². The number of aromatic hydroxyl groups is 1. The Labute approximate surface area is 117 Å². The molecule has 2 rings (SSSR count). The van der Waals surface area contributed by atoms with Crippen LogP contribution in [0.1, 0.15) is 24.8 Å². The molecular weight excluding hydrogens is 258 g/mol. The second-order valence-electron chi connectivity index (χ2n) is 4.40. The van der Waals surface area contributed by atoms with E-state index in [1.54, 1.807) is 23.5 Å². The largest absolute Gasteiger partial charge is 0.508 e. The van der Waals surface area contributed by atoms with Gasteiger partial charge in [0.2, 0.25) is 0 Å². The van der Waals surface area contributed by atoms with Crippen molar-refractivity contribution in [1.82, 2.24) is 15.5 Å². The quantitative estimate of drug-likeness (QED) is 0.764. The summed E-state index contributed by atoms with van der Waals surface area (Å²) in [5.74, 6) is 0.262. The van der Waals surface area contributed by atoms with Gasteiger partial charge >= 0.3 is 0 Å². The molecule has 1 heterocycles. The second kappa shape index (κ2) is 7.21. The highest BCUT2D eigenvalue weighted by molar-refractivity contribution is 7.14. The molecule has 4 nitrogen and oxygen atoms in total. The molecule has 0 spiro atoms. The van der Waals surface area contributed by atoms with E-state index in [9.17, 15) is 5.11 Å². The lowest BCUT2D eigenvalue weighted by atomic mass is 10.2. The Morgan fingerprint density at radius 2 is 2.16 bits per heavy atom. The smallest absolute Gasteiger partial charge is 0.147 e. The zero-order chi connectivity index (χ0) is 13.5. The summed E-state index contributed by atoms with van der Waals surface area (Å²) < 4.78 is 0. The summed E-state index contributed by atoms with van der Waals surface area (Å²) in [4.78, 5) is 0. The molecule has 0 atom stereocenters. The van der Waals surface area contributed by atoms with Crippen LogP contribution in [-0.4, -0.2) is 28.4 Å². The molecular formula is C14H19N3OS. The summed E-state index contributed by atoms with van der Waals surface area (Å²) in [6.45, 7) is 4.26. The first-order valence-electron chi connectivity index (χ1n) is 6.62. The number of phenols is 1. The molecule has 0 aliphatic heterocycles. The zero-order valence-corrected chi connectivity index (χ0v) is 11.9. The van der Waals surface area contributed by atoms with Crippen molar-refractivity contribution < 1.29 is 5.11 Å². The fourth-order valence-electron chi connectivity index (χ4n) is 1.78. The van der Waals surface area contributed by atoms with Crippen LogP contribution in [0.2, 0.25) is 0 Å². The van der Waals surface area contributed by atoms with E-state index in [1.807, 2.05) is 12.1 Å². The SMILES string of the molecule is CCCNCCCc1nnc(-c2cccc(O)c2)s1. The lowest BCUT2D eigenvalue weighted by Gasteiger charge is -2.00. The van der Waals surface area contributed by atoms with Gasteiger partial charge in [0.05, 0.1) is 0 Å². The van der Waals surface area contributed by atoms with E-state index in [0.717, 1.165) is 41.5 Å². The summed E-state index contributed by atoms with van der Waals surface area (Å²) in [5.41, 5.74) is 0.924. The zero-order valence-electron chi connectivity index (χ0n) is 11.1. The van der Waals surface area contributed by atoms with Gasteiger partial charge in [0.15, 0.2) is 0 Å². The number of phenolic OH excluding ortho intramolecular Hbond substituents is 1. The number of aryl methyl sites for hydroxylation is 1. The van der Waals surface area contributed by atoms with E-state index in [2.05, 4.69) is 22.4 Å². The van der Waals surface area contributed by atoms with Gasteiger partial charge in [0.25, 0.3) is 0 Å². The maximum Gasteiger partial charge on any atom is 0.147 e. The highest BCUT2D eigenvalue weighted by Gasteiger charge is 2.06. The van der Waals surface area contributed by atoms with Crippen LogP contribution in [0, 0.1) is 0 Å². The van der Waals surface area contributed by atoms with E-state index in [4.69, 9.17) is 0 Å². The molecule has 0 aliphatic carbocycles. The first kappa shape index (κ1) is 14.0. The van der Waals surface area contributed by atoms with Gasteiger partial charge < -0.3 is 10.4 Å². The van der Waals surface area contributed by atoms with E-state index in [1.165, 1.54) is 6.42 Å². The highest BCUT2D eigenvalue weighted by atomic mass is 32.1. The van der Waals surface area contributed by atoms with Crippen LogP contribution in [0.25, 0.3) is 10.6 Å². The fourth-order valence-corrected chi connectivity index (χ4v) is 2.65. The molecule has 0 aliphatic rings. The molecule has 0 saturated heterocycles. The summed E-state index contributed by atoms with van der Waals surface area (Å²) in [6.07, 6.45) is 3.20. The Morgan fingerprint density at radius 3 is 2.95 bits per heavy atom. The Bertz CT molecular complexity index is 513. The topological polar surface area (TPSA) is 58.0 Å². The molecule has 5 heteroatoms. The molecule has 1 aromatic carbocycles. The summed E-state index contributed by atoms with van der Waals surface area (Å²) >= 11 is 1.60. The summed E-state index contributed by atoms with van der Waals surface area (Å²) in [5, 5.41) is 23.1. The molecule has 0 bridgehead atoms. The van der Waals surface area contributed by atoms with Crippen molar-refractivity contribution in [2.75, 3.05) is 13.1 Å². The van der Waals surface area contributed by atoms with Crippen LogP contribution in [0.4, 0.5) is 0 Å². The van der Waals surface area contributed by atoms with E-state index >= 15 is 0 Å². The van der Waals surface area contributed by atoms with Gasteiger partial charge in [-0.1, -0.05) is 30.4 Å². The fraction of sp³-hybridized carbons (Fsp3) is 0.429. The minimum absolute atomic E-state index is 0.262. The van der Waals surface area contributed by atoms with Gasteiger partial charge in [-0.15, -0.1) is 10.2 Å². The lowest BCUT2D eigenvalue weighted by molar-refractivity contribution is 0.475.